The first kappa shape index (κ1) is 17.1. The van der Waals surface area contributed by atoms with Crippen molar-refractivity contribution in [1.82, 2.24) is 0 Å². The normalized spacial score (nSPS) is 11.6. The predicted octanol–water partition coefficient (Wildman–Crippen LogP) is 5.47. The van der Waals surface area contributed by atoms with E-state index in [4.69, 9.17) is 0 Å². The monoisotopic (exact) mass is 393 g/mol. The Bertz CT molecular complexity index is 926. The number of benzene rings is 3. The van der Waals surface area contributed by atoms with Gasteiger partial charge >= 0.3 is 0 Å². The van der Waals surface area contributed by atoms with Gasteiger partial charge in [0.25, 0.3) is 0 Å². The summed E-state index contributed by atoms with van der Waals surface area (Å²) in [5.74, 6) is -0.954. The molecule has 3 rings (SSSR count). The third-order valence-corrected chi connectivity index (χ3v) is 4.47. The Kier molecular flexibility index (Phi) is 5.06. The summed E-state index contributed by atoms with van der Waals surface area (Å²) in [5.41, 5.74) is 2.64. The molecule has 3 aromatic carbocycles. The second-order valence-electron chi connectivity index (χ2n) is 5.57. The summed E-state index contributed by atoms with van der Waals surface area (Å²) in [6, 6.07) is 22.3. The van der Waals surface area contributed by atoms with Crippen molar-refractivity contribution in [2.24, 2.45) is 0 Å². The van der Waals surface area contributed by atoms with Gasteiger partial charge in [0, 0.05) is 15.6 Å². The van der Waals surface area contributed by atoms with Crippen molar-refractivity contribution >= 4 is 21.7 Å². The highest BCUT2D eigenvalue weighted by Gasteiger charge is 2.15. The van der Waals surface area contributed by atoms with Gasteiger partial charge in [-0.05, 0) is 47.5 Å². The number of nitriles is 1. The molecule has 122 valence electrons. The van der Waals surface area contributed by atoms with Gasteiger partial charge in [0.1, 0.15) is 5.82 Å². The summed E-state index contributed by atoms with van der Waals surface area (Å²) in [4.78, 5) is 12.4. The van der Waals surface area contributed by atoms with Gasteiger partial charge in [-0.15, -0.1) is 0 Å². The molecule has 0 saturated carbocycles. The maximum Gasteiger partial charge on any atom is 0.193 e. The summed E-state index contributed by atoms with van der Waals surface area (Å²) < 4.78 is 13.9. The lowest BCUT2D eigenvalue weighted by Gasteiger charge is -2.11. The first-order valence-electron chi connectivity index (χ1n) is 7.64. The summed E-state index contributed by atoms with van der Waals surface area (Å²) in [5, 5.41) is 9.52. The zero-order chi connectivity index (χ0) is 17.8. The van der Waals surface area contributed by atoms with E-state index in [1.54, 1.807) is 24.3 Å². The maximum atomic E-state index is 13.0. The van der Waals surface area contributed by atoms with E-state index in [9.17, 15) is 14.4 Å². The van der Waals surface area contributed by atoms with Gasteiger partial charge in [-0.25, -0.2) is 4.39 Å². The van der Waals surface area contributed by atoms with Gasteiger partial charge in [0.2, 0.25) is 0 Å². The average molecular weight is 394 g/mol. The summed E-state index contributed by atoms with van der Waals surface area (Å²) in [6.45, 7) is 0. The number of halogens is 2. The van der Waals surface area contributed by atoms with Crippen LogP contribution in [0.25, 0.3) is 0 Å². The molecule has 0 aliphatic heterocycles. The van der Waals surface area contributed by atoms with Crippen molar-refractivity contribution in [3.8, 4) is 6.07 Å². The molecule has 0 amide bonds. The SMILES string of the molecule is N#C[C@@H](c1ccc(Br)cc1)c1ccc(C(=O)c2ccc(F)cc2)cc1. The molecule has 4 heteroatoms. The Balaban J connectivity index is 1.86. The fourth-order valence-electron chi connectivity index (χ4n) is 2.59. The van der Waals surface area contributed by atoms with Crippen LogP contribution in [-0.4, -0.2) is 5.78 Å². The van der Waals surface area contributed by atoms with Gasteiger partial charge in [-0.3, -0.25) is 4.79 Å². The number of nitrogens with zero attached hydrogens (tertiary/aromatic N) is 1. The molecule has 2 nitrogen and oxygen atoms in total. The highest BCUT2D eigenvalue weighted by atomic mass is 79.9. The first-order chi connectivity index (χ1) is 12.1. The topological polar surface area (TPSA) is 40.9 Å². The van der Waals surface area contributed by atoms with Crippen LogP contribution in [0, 0.1) is 17.1 Å². The van der Waals surface area contributed by atoms with Gasteiger partial charge in [-0.2, -0.15) is 5.26 Å². The second-order valence-corrected chi connectivity index (χ2v) is 6.49. The Morgan fingerprint density at radius 2 is 1.28 bits per heavy atom. The van der Waals surface area contributed by atoms with Gasteiger partial charge in [0.05, 0.1) is 12.0 Å². The Morgan fingerprint density at radius 1 is 0.840 bits per heavy atom. The molecule has 0 unspecified atom stereocenters. The number of ketones is 1. The third kappa shape index (κ3) is 3.84. The number of carbonyl (C=O) groups excluding carboxylic acids is 1. The standard InChI is InChI=1S/C21H13BrFNO/c22-18-9-5-15(6-10-18)20(13-24)14-1-3-16(4-2-14)21(25)17-7-11-19(23)12-8-17/h1-12,20H/t20-/m1/s1. The smallest absolute Gasteiger partial charge is 0.193 e. The average Bonchev–Trinajstić information content (AvgIpc) is 2.64. The van der Waals surface area contributed by atoms with Crippen LogP contribution in [0.1, 0.15) is 33.0 Å². The summed E-state index contributed by atoms with van der Waals surface area (Å²) >= 11 is 3.38. The van der Waals surface area contributed by atoms with E-state index in [0.29, 0.717) is 11.1 Å². The molecule has 0 aromatic heterocycles. The number of hydrogen-bond donors (Lipinski definition) is 0. The van der Waals surface area contributed by atoms with Crippen LogP contribution in [-0.2, 0) is 0 Å². The minimum atomic E-state index is -0.400. The van der Waals surface area contributed by atoms with Crippen LogP contribution in [0.3, 0.4) is 0 Å². The Labute approximate surface area is 153 Å². The van der Waals surface area contributed by atoms with Crippen LogP contribution in [0.15, 0.2) is 77.3 Å². The van der Waals surface area contributed by atoms with Crippen molar-refractivity contribution in [1.29, 1.82) is 5.26 Å². The Morgan fingerprint density at radius 3 is 1.76 bits per heavy atom. The molecular weight excluding hydrogens is 381 g/mol. The quantitative estimate of drug-likeness (QED) is 0.551. The summed E-state index contributed by atoms with van der Waals surface area (Å²) in [7, 11) is 0. The fraction of sp³-hybridized carbons (Fsp3) is 0.0476. The molecule has 0 N–H and O–H groups in total. The van der Waals surface area contributed by atoms with Gasteiger partial charge < -0.3 is 0 Å². The van der Waals surface area contributed by atoms with Crippen molar-refractivity contribution in [2.45, 2.75) is 5.92 Å². The molecule has 25 heavy (non-hydrogen) atoms. The second kappa shape index (κ2) is 7.42. The zero-order valence-corrected chi connectivity index (χ0v) is 14.7. The van der Waals surface area contributed by atoms with Crippen LogP contribution in [0.5, 0.6) is 0 Å². The van der Waals surface area contributed by atoms with Crippen molar-refractivity contribution < 1.29 is 9.18 Å². The van der Waals surface area contributed by atoms with Gasteiger partial charge in [0.15, 0.2) is 5.78 Å². The van der Waals surface area contributed by atoms with Crippen LogP contribution in [0.2, 0.25) is 0 Å². The largest absolute Gasteiger partial charge is 0.289 e. The molecule has 0 heterocycles. The molecular formula is C21H13BrFNO. The van der Waals surface area contributed by atoms with Crippen molar-refractivity contribution in [2.75, 3.05) is 0 Å². The molecule has 0 radical (unpaired) electrons. The van der Waals surface area contributed by atoms with Crippen molar-refractivity contribution in [3.05, 3.63) is 105 Å². The highest BCUT2D eigenvalue weighted by Crippen LogP contribution is 2.26. The highest BCUT2D eigenvalue weighted by molar-refractivity contribution is 9.10. The minimum Gasteiger partial charge on any atom is -0.289 e. The summed E-state index contributed by atoms with van der Waals surface area (Å²) in [6.07, 6.45) is 0. The minimum absolute atomic E-state index is 0.177. The molecule has 0 bridgehead atoms. The lowest BCUT2D eigenvalue weighted by molar-refractivity contribution is 0.103. The third-order valence-electron chi connectivity index (χ3n) is 3.95. The number of carbonyl (C=O) groups is 1. The first-order valence-corrected chi connectivity index (χ1v) is 8.43. The molecule has 0 aliphatic rings. The molecule has 3 aromatic rings. The van der Waals surface area contributed by atoms with E-state index in [0.717, 1.165) is 15.6 Å². The van der Waals surface area contributed by atoms with Crippen molar-refractivity contribution in [3.63, 3.8) is 0 Å². The number of rotatable bonds is 4. The van der Waals surface area contributed by atoms with E-state index < -0.39 is 5.92 Å². The van der Waals surface area contributed by atoms with E-state index in [-0.39, 0.29) is 11.6 Å². The van der Waals surface area contributed by atoms with E-state index >= 15 is 0 Å². The molecule has 0 aliphatic carbocycles. The van der Waals surface area contributed by atoms with Gasteiger partial charge in [-0.1, -0.05) is 52.3 Å². The van der Waals surface area contributed by atoms with E-state index in [2.05, 4.69) is 22.0 Å². The maximum absolute atomic E-state index is 13.0. The Hall–Kier alpha value is -2.77. The molecule has 1 atom stereocenters. The lowest BCUT2D eigenvalue weighted by Crippen LogP contribution is -2.03. The zero-order valence-electron chi connectivity index (χ0n) is 13.1. The lowest BCUT2D eigenvalue weighted by atomic mass is 9.91. The predicted molar refractivity (Wildman–Crippen MR) is 97.9 cm³/mol. The van der Waals surface area contributed by atoms with E-state index in [1.807, 2.05) is 24.3 Å². The van der Waals surface area contributed by atoms with Crippen LogP contribution in [0.4, 0.5) is 4.39 Å². The molecule has 0 spiro atoms. The number of hydrogen-bond acceptors (Lipinski definition) is 2. The van der Waals surface area contributed by atoms with E-state index in [1.165, 1.54) is 24.3 Å². The van der Waals surface area contributed by atoms with Crippen LogP contribution < -0.4 is 0 Å². The fourth-order valence-corrected chi connectivity index (χ4v) is 2.86. The molecule has 0 saturated heterocycles. The molecule has 0 fully saturated rings. The van der Waals surface area contributed by atoms with Crippen LogP contribution >= 0.6 is 15.9 Å².